The number of hydrogen-bond donors (Lipinski definition) is 0. The van der Waals surface area contributed by atoms with Crippen LogP contribution in [-0.4, -0.2) is 43.7 Å². The van der Waals surface area contributed by atoms with Crippen LogP contribution in [0.25, 0.3) is 0 Å². The molecule has 0 bridgehead atoms. The third kappa shape index (κ3) is 4.11. The van der Waals surface area contributed by atoms with Crippen LogP contribution < -0.4 is 0 Å². The highest BCUT2D eigenvalue weighted by molar-refractivity contribution is 7.89. The fraction of sp³-hybridized carbons (Fsp3) is 0.389. The summed E-state index contributed by atoms with van der Waals surface area (Å²) in [5.74, 6) is -0.177. The maximum Gasteiger partial charge on any atom is 0.253 e. The number of rotatable bonds is 5. The largest absolute Gasteiger partial charge is 0.337 e. The van der Waals surface area contributed by atoms with Crippen molar-refractivity contribution in [3.05, 3.63) is 52.2 Å². The van der Waals surface area contributed by atoms with E-state index < -0.39 is 10.0 Å². The lowest BCUT2D eigenvalue weighted by Gasteiger charge is -2.26. The first-order chi connectivity index (χ1) is 12.0. The van der Waals surface area contributed by atoms with E-state index in [0.717, 1.165) is 24.1 Å². The Morgan fingerprint density at radius 3 is 2.60 bits per heavy atom. The summed E-state index contributed by atoms with van der Waals surface area (Å²) in [6.07, 6.45) is 2.85. The summed E-state index contributed by atoms with van der Waals surface area (Å²) in [7, 11) is -1.80. The second-order valence-corrected chi connectivity index (χ2v) is 9.20. The Morgan fingerprint density at radius 2 is 1.92 bits per heavy atom. The predicted octanol–water partition coefficient (Wildman–Crippen LogP) is 3.19. The van der Waals surface area contributed by atoms with Crippen molar-refractivity contribution < 1.29 is 13.2 Å². The number of carbonyl (C=O) groups is 1. The number of sulfonamides is 1. The highest BCUT2D eigenvalue weighted by Crippen LogP contribution is 2.22. The predicted molar refractivity (Wildman–Crippen MR) is 99.2 cm³/mol. The van der Waals surface area contributed by atoms with Crippen LogP contribution in [0.15, 0.2) is 46.7 Å². The van der Waals surface area contributed by atoms with Gasteiger partial charge < -0.3 is 4.90 Å². The molecule has 0 aliphatic carbocycles. The summed E-state index contributed by atoms with van der Waals surface area (Å²) in [5, 5.41) is 1.97. The molecule has 1 amide bonds. The monoisotopic (exact) mass is 378 g/mol. The van der Waals surface area contributed by atoms with Crippen molar-refractivity contribution in [3.63, 3.8) is 0 Å². The molecule has 7 heteroatoms. The van der Waals surface area contributed by atoms with Crippen LogP contribution in [0.2, 0.25) is 0 Å². The van der Waals surface area contributed by atoms with Crippen molar-refractivity contribution in [2.75, 3.05) is 20.1 Å². The molecular formula is C18H22N2O3S2. The summed E-state index contributed by atoms with van der Waals surface area (Å²) >= 11 is 1.59. The van der Waals surface area contributed by atoms with Crippen LogP contribution in [0, 0.1) is 0 Å². The summed E-state index contributed by atoms with van der Waals surface area (Å²) in [5.41, 5.74) is 0.400. The number of carbonyl (C=O) groups excluding carboxylic acids is 1. The summed E-state index contributed by atoms with van der Waals surface area (Å²) < 4.78 is 27.1. The fourth-order valence-corrected chi connectivity index (χ4v) is 5.29. The smallest absolute Gasteiger partial charge is 0.253 e. The molecule has 25 heavy (non-hydrogen) atoms. The van der Waals surface area contributed by atoms with Gasteiger partial charge in [0.15, 0.2) is 0 Å². The van der Waals surface area contributed by atoms with Gasteiger partial charge in [0.05, 0.1) is 11.4 Å². The van der Waals surface area contributed by atoms with Gasteiger partial charge in [0.1, 0.15) is 0 Å². The number of benzene rings is 1. The van der Waals surface area contributed by atoms with Gasteiger partial charge in [0, 0.05) is 30.6 Å². The molecule has 2 heterocycles. The number of hydrogen-bond acceptors (Lipinski definition) is 4. The van der Waals surface area contributed by atoms with Crippen LogP contribution >= 0.6 is 11.3 Å². The maximum atomic E-state index is 12.8. The minimum Gasteiger partial charge on any atom is -0.337 e. The summed E-state index contributed by atoms with van der Waals surface area (Å²) in [6.45, 7) is 1.62. The van der Waals surface area contributed by atoms with Gasteiger partial charge in [-0.05, 0) is 42.5 Å². The first-order valence-electron chi connectivity index (χ1n) is 8.36. The normalized spacial score (nSPS) is 15.9. The lowest BCUT2D eigenvalue weighted by Crippen LogP contribution is -2.35. The van der Waals surface area contributed by atoms with Crippen LogP contribution in [-0.2, 0) is 16.6 Å². The molecule has 3 rings (SSSR count). The van der Waals surface area contributed by atoms with Crippen LogP contribution in [0.4, 0.5) is 0 Å². The Morgan fingerprint density at radius 1 is 1.16 bits per heavy atom. The Kier molecular flexibility index (Phi) is 5.56. The average Bonchev–Trinajstić information content (AvgIpc) is 3.15. The van der Waals surface area contributed by atoms with Crippen molar-refractivity contribution in [1.82, 2.24) is 9.21 Å². The molecule has 0 spiro atoms. The molecule has 1 aliphatic heterocycles. The van der Waals surface area contributed by atoms with E-state index in [1.165, 1.54) is 10.4 Å². The third-order valence-corrected chi connectivity index (χ3v) is 7.11. The molecule has 1 aromatic carbocycles. The van der Waals surface area contributed by atoms with Crippen LogP contribution in [0.3, 0.4) is 0 Å². The fourth-order valence-electron chi connectivity index (χ4n) is 2.97. The molecule has 1 aromatic heterocycles. The second kappa shape index (κ2) is 7.68. The number of nitrogens with zero attached hydrogens (tertiary/aromatic N) is 2. The van der Waals surface area contributed by atoms with E-state index in [1.807, 2.05) is 17.5 Å². The number of piperidine rings is 1. The molecule has 0 unspecified atom stereocenters. The minimum absolute atomic E-state index is 0.177. The van der Waals surface area contributed by atoms with E-state index in [9.17, 15) is 13.2 Å². The van der Waals surface area contributed by atoms with E-state index in [4.69, 9.17) is 0 Å². The molecule has 1 saturated heterocycles. The topological polar surface area (TPSA) is 57.7 Å². The zero-order valence-corrected chi connectivity index (χ0v) is 15.9. The van der Waals surface area contributed by atoms with Crippen LogP contribution in [0.5, 0.6) is 0 Å². The van der Waals surface area contributed by atoms with Gasteiger partial charge in [-0.1, -0.05) is 18.6 Å². The average molecular weight is 379 g/mol. The second-order valence-electron chi connectivity index (χ2n) is 6.23. The Hall–Kier alpha value is -1.70. The first-order valence-corrected chi connectivity index (χ1v) is 10.7. The van der Waals surface area contributed by atoms with E-state index in [2.05, 4.69) is 0 Å². The van der Waals surface area contributed by atoms with Gasteiger partial charge in [0.25, 0.3) is 5.91 Å². The summed E-state index contributed by atoms with van der Waals surface area (Å²) in [4.78, 5) is 15.5. The van der Waals surface area contributed by atoms with Crippen molar-refractivity contribution in [2.24, 2.45) is 0 Å². The van der Waals surface area contributed by atoms with Crippen molar-refractivity contribution in [3.8, 4) is 0 Å². The molecule has 0 radical (unpaired) electrons. The zero-order valence-electron chi connectivity index (χ0n) is 14.2. The van der Waals surface area contributed by atoms with E-state index in [1.54, 1.807) is 41.5 Å². The van der Waals surface area contributed by atoms with Gasteiger partial charge >= 0.3 is 0 Å². The highest BCUT2D eigenvalue weighted by atomic mass is 32.2. The van der Waals surface area contributed by atoms with Gasteiger partial charge in [-0.3, -0.25) is 4.79 Å². The van der Waals surface area contributed by atoms with Crippen LogP contribution in [0.1, 0.15) is 34.5 Å². The number of thiophene rings is 1. The molecule has 0 atom stereocenters. The van der Waals surface area contributed by atoms with E-state index in [-0.39, 0.29) is 10.8 Å². The third-order valence-electron chi connectivity index (χ3n) is 4.35. The lowest BCUT2D eigenvalue weighted by molar-refractivity contribution is 0.0786. The molecule has 2 aromatic rings. The molecule has 5 nitrogen and oxygen atoms in total. The first kappa shape index (κ1) is 18.1. The molecule has 1 aliphatic rings. The molecule has 1 fully saturated rings. The number of amides is 1. The van der Waals surface area contributed by atoms with Gasteiger partial charge in [-0.25, -0.2) is 8.42 Å². The van der Waals surface area contributed by atoms with Gasteiger partial charge in [0.2, 0.25) is 10.0 Å². The molecule has 0 N–H and O–H groups in total. The Bertz CT molecular complexity index is 826. The molecule has 0 saturated carbocycles. The van der Waals surface area contributed by atoms with E-state index in [0.29, 0.717) is 25.2 Å². The standard InChI is InChI=1S/C18H22N2O3S2/c1-19(14-16-8-6-12-24-16)18(21)15-7-5-9-17(13-15)25(22,23)20-10-3-2-4-11-20/h5-9,12-13H,2-4,10-11,14H2,1H3. The lowest BCUT2D eigenvalue weighted by atomic mass is 10.2. The molecular weight excluding hydrogens is 356 g/mol. The Labute approximate surface area is 152 Å². The SMILES string of the molecule is CN(Cc1cccs1)C(=O)c1cccc(S(=O)(=O)N2CCCCC2)c1. The van der Waals surface area contributed by atoms with Crippen molar-refractivity contribution in [2.45, 2.75) is 30.7 Å². The van der Waals surface area contributed by atoms with Gasteiger partial charge in [-0.2, -0.15) is 4.31 Å². The quantitative estimate of drug-likeness (QED) is 0.803. The maximum absolute atomic E-state index is 12.8. The van der Waals surface area contributed by atoms with Gasteiger partial charge in [-0.15, -0.1) is 11.3 Å². The molecule has 134 valence electrons. The Balaban J connectivity index is 1.79. The minimum atomic E-state index is -3.53. The zero-order chi connectivity index (χ0) is 17.9. The summed E-state index contributed by atoms with van der Waals surface area (Å²) in [6, 6.07) is 10.3. The van der Waals surface area contributed by atoms with Crippen molar-refractivity contribution in [1.29, 1.82) is 0 Å². The highest BCUT2D eigenvalue weighted by Gasteiger charge is 2.26. The van der Waals surface area contributed by atoms with E-state index >= 15 is 0 Å². The van der Waals surface area contributed by atoms with Crippen molar-refractivity contribution >= 4 is 27.3 Å².